The lowest BCUT2D eigenvalue weighted by molar-refractivity contribution is -0.126. The molecule has 0 spiro atoms. The van der Waals surface area contributed by atoms with Crippen molar-refractivity contribution in [3.63, 3.8) is 0 Å². The van der Waals surface area contributed by atoms with Crippen molar-refractivity contribution < 1.29 is 14.0 Å². The third-order valence-corrected chi connectivity index (χ3v) is 6.14. The Morgan fingerprint density at radius 3 is 2.53 bits per heavy atom. The van der Waals surface area contributed by atoms with E-state index in [0.717, 1.165) is 17.0 Å². The molecule has 1 fully saturated rings. The number of aryl methyl sites for hydroxylation is 4. The van der Waals surface area contributed by atoms with Crippen molar-refractivity contribution in [2.45, 2.75) is 47.1 Å². The van der Waals surface area contributed by atoms with Crippen LogP contribution in [0.1, 0.15) is 51.4 Å². The van der Waals surface area contributed by atoms with Crippen LogP contribution in [0.15, 0.2) is 24.3 Å². The van der Waals surface area contributed by atoms with Gasteiger partial charge < -0.3 is 10.2 Å². The number of rotatable bonds is 4. The topological polar surface area (TPSA) is 79.6 Å². The van der Waals surface area contributed by atoms with Gasteiger partial charge in [0.1, 0.15) is 11.4 Å². The van der Waals surface area contributed by atoms with Crippen LogP contribution < -0.4 is 5.32 Å². The summed E-state index contributed by atoms with van der Waals surface area (Å²) in [6.45, 7) is 8.66. The number of halogens is 1. The number of hydrogen-bond donors (Lipinski definition) is 1. The average Bonchev–Trinajstić information content (AvgIpc) is 3.10. The molecule has 1 N–H and O–H groups in total. The molecule has 4 rings (SSSR count). The van der Waals surface area contributed by atoms with E-state index in [2.05, 4.69) is 15.4 Å². The fraction of sp³-hybridized carbons (Fsp3) is 0.417. The Kier molecular flexibility index (Phi) is 5.95. The summed E-state index contributed by atoms with van der Waals surface area (Å²) < 4.78 is 15.4. The number of amides is 2. The largest absolute Gasteiger partial charge is 0.352 e. The number of nitrogens with one attached hydrogen (secondary N) is 1. The Morgan fingerprint density at radius 2 is 1.84 bits per heavy atom. The van der Waals surface area contributed by atoms with Gasteiger partial charge in [-0.15, -0.1) is 0 Å². The quantitative estimate of drug-likeness (QED) is 0.679. The van der Waals surface area contributed by atoms with Crippen molar-refractivity contribution in [2.24, 2.45) is 5.92 Å². The molecule has 7 nitrogen and oxygen atoms in total. The van der Waals surface area contributed by atoms with Crippen molar-refractivity contribution in [1.29, 1.82) is 0 Å². The van der Waals surface area contributed by atoms with Crippen molar-refractivity contribution in [2.75, 3.05) is 13.1 Å². The molecular weight excluding hydrogens is 409 g/mol. The summed E-state index contributed by atoms with van der Waals surface area (Å²) in [7, 11) is 0. The lowest BCUT2D eigenvalue weighted by Crippen LogP contribution is -2.43. The first-order chi connectivity index (χ1) is 15.2. The number of nitrogens with zero attached hydrogens (tertiary/aromatic N) is 4. The summed E-state index contributed by atoms with van der Waals surface area (Å²) in [5.41, 5.74) is 4.85. The number of benzene rings is 1. The van der Waals surface area contributed by atoms with Crippen molar-refractivity contribution in [3.05, 3.63) is 63.9 Å². The summed E-state index contributed by atoms with van der Waals surface area (Å²) >= 11 is 0. The van der Waals surface area contributed by atoms with Crippen LogP contribution in [0.3, 0.4) is 0 Å². The van der Waals surface area contributed by atoms with Crippen molar-refractivity contribution >= 4 is 17.5 Å². The van der Waals surface area contributed by atoms with Gasteiger partial charge in [0.15, 0.2) is 5.65 Å². The van der Waals surface area contributed by atoms with E-state index >= 15 is 0 Å². The van der Waals surface area contributed by atoms with Crippen molar-refractivity contribution in [3.8, 4) is 0 Å². The minimum atomic E-state index is -0.272. The molecule has 0 aliphatic carbocycles. The van der Waals surface area contributed by atoms with E-state index in [-0.39, 0.29) is 23.5 Å². The van der Waals surface area contributed by atoms with Crippen molar-refractivity contribution in [1.82, 2.24) is 24.8 Å². The molecule has 168 valence electrons. The molecule has 1 saturated heterocycles. The molecule has 1 aliphatic rings. The summed E-state index contributed by atoms with van der Waals surface area (Å²) in [5.74, 6) is -0.587. The first-order valence-electron chi connectivity index (χ1n) is 10.9. The number of aromatic nitrogens is 3. The molecule has 0 unspecified atom stereocenters. The van der Waals surface area contributed by atoms with Crippen LogP contribution >= 0.6 is 0 Å². The third kappa shape index (κ3) is 4.22. The molecule has 0 radical (unpaired) electrons. The second kappa shape index (κ2) is 8.68. The molecule has 0 saturated carbocycles. The van der Waals surface area contributed by atoms with Crippen LogP contribution in [-0.2, 0) is 11.3 Å². The number of piperidine rings is 1. The maximum absolute atomic E-state index is 13.7. The van der Waals surface area contributed by atoms with E-state index in [1.165, 1.54) is 6.07 Å². The molecule has 3 heterocycles. The normalized spacial score (nSPS) is 14.7. The highest BCUT2D eigenvalue weighted by Gasteiger charge is 2.30. The molecule has 3 aromatic rings. The molecule has 0 atom stereocenters. The Labute approximate surface area is 186 Å². The monoisotopic (exact) mass is 437 g/mol. The van der Waals surface area contributed by atoms with E-state index in [0.29, 0.717) is 54.9 Å². The van der Waals surface area contributed by atoms with Crippen LogP contribution in [0.25, 0.3) is 5.65 Å². The Bertz CT molecular complexity index is 1190. The SMILES string of the molecule is Cc1cc(C)n2nc(C)c(C(=O)N3CCC(C(=O)NCc4ccc(C)c(F)c4)CC3)c2n1. The number of carbonyl (C=O) groups excluding carboxylic acids is 2. The van der Waals surface area contributed by atoms with Crippen LogP contribution in [0.5, 0.6) is 0 Å². The maximum Gasteiger partial charge on any atom is 0.259 e. The van der Waals surface area contributed by atoms with Gasteiger partial charge in [-0.1, -0.05) is 12.1 Å². The fourth-order valence-electron chi connectivity index (χ4n) is 4.26. The predicted octanol–water partition coefficient (Wildman–Crippen LogP) is 3.27. The van der Waals surface area contributed by atoms with E-state index < -0.39 is 0 Å². The van der Waals surface area contributed by atoms with Gasteiger partial charge in [0.25, 0.3) is 5.91 Å². The predicted molar refractivity (Wildman–Crippen MR) is 119 cm³/mol. The summed E-state index contributed by atoms with van der Waals surface area (Å²) in [6, 6.07) is 6.91. The van der Waals surface area contributed by atoms with Gasteiger partial charge in [0, 0.05) is 36.9 Å². The minimum Gasteiger partial charge on any atom is -0.352 e. The Morgan fingerprint density at radius 1 is 1.12 bits per heavy atom. The van der Waals surface area contributed by atoms with Gasteiger partial charge >= 0.3 is 0 Å². The molecule has 2 amide bonds. The Balaban J connectivity index is 1.39. The van der Waals surface area contributed by atoms with E-state index in [1.807, 2.05) is 32.9 Å². The minimum absolute atomic E-state index is 0.0573. The van der Waals surface area contributed by atoms with E-state index in [1.54, 1.807) is 22.4 Å². The first-order valence-corrected chi connectivity index (χ1v) is 10.9. The molecule has 1 aliphatic heterocycles. The van der Waals surface area contributed by atoms with Crippen LogP contribution in [-0.4, -0.2) is 44.4 Å². The van der Waals surface area contributed by atoms with Crippen LogP contribution in [0.2, 0.25) is 0 Å². The number of hydrogen-bond acceptors (Lipinski definition) is 4. The molecule has 32 heavy (non-hydrogen) atoms. The highest BCUT2D eigenvalue weighted by atomic mass is 19.1. The highest BCUT2D eigenvalue weighted by molar-refractivity contribution is 6.01. The summed E-state index contributed by atoms with van der Waals surface area (Å²) in [4.78, 5) is 32.2. The summed E-state index contributed by atoms with van der Waals surface area (Å²) in [5, 5.41) is 7.39. The van der Waals surface area contributed by atoms with Crippen LogP contribution in [0, 0.1) is 39.4 Å². The average molecular weight is 438 g/mol. The second-order valence-electron chi connectivity index (χ2n) is 8.60. The lowest BCUT2D eigenvalue weighted by Gasteiger charge is -2.31. The van der Waals surface area contributed by atoms with E-state index in [4.69, 9.17) is 0 Å². The Hall–Kier alpha value is -3.29. The van der Waals surface area contributed by atoms with Crippen LogP contribution in [0.4, 0.5) is 4.39 Å². The smallest absolute Gasteiger partial charge is 0.259 e. The zero-order valence-corrected chi connectivity index (χ0v) is 18.9. The van der Waals surface area contributed by atoms with Gasteiger partial charge in [-0.25, -0.2) is 13.9 Å². The van der Waals surface area contributed by atoms with E-state index in [9.17, 15) is 14.0 Å². The second-order valence-corrected chi connectivity index (χ2v) is 8.60. The standard InChI is InChI=1S/C24H28FN5O2/c1-14-5-6-18(12-20(14)25)13-26-23(31)19-7-9-29(10-8-19)24(32)21-17(4)28-30-16(3)11-15(2)27-22(21)30/h5-6,11-12,19H,7-10,13H2,1-4H3,(H,26,31). The molecular formula is C24H28FN5O2. The van der Waals surface area contributed by atoms with Gasteiger partial charge in [0.2, 0.25) is 5.91 Å². The first kappa shape index (κ1) is 21.9. The molecule has 1 aromatic carbocycles. The van der Waals surface area contributed by atoms with Gasteiger partial charge in [-0.05, 0) is 63.8 Å². The van der Waals surface area contributed by atoms with Gasteiger partial charge in [-0.2, -0.15) is 5.10 Å². The zero-order chi connectivity index (χ0) is 23.0. The number of carbonyl (C=O) groups is 2. The lowest BCUT2D eigenvalue weighted by atomic mass is 9.95. The van der Waals surface area contributed by atoms with Gasteiger partial charge in [-0.3, -0.25) is 9.59 Å². The maximum atomic E-state index is 13.7. The fourth-order valence-corrected chi connectivity index (χ4v) is 4.26. The summed E-state index contributed by atoms with van der Waals surface area (Å²) in [6.07, 6.45) is 1.17. The third-order valence-electron chi connectivity index (χ3n) is 6.14. The molecule has 2 aromatic heterocycles. The molecule has 0 bridgehead atoms. The zero-order valence-electron chi connectivity index (χ0n) is 18.9. The number of fused-ring (bicyclic) bond motifs is 1. The molecule has 8 heteroatoms. The van der Waals surface area contributed by atoms with Gasteiger partial charge in [0.05, 0.1) is 5.69 Å². The number of likely N-dealkylation sites (tertiary alicyclic amines) is 1. The highest BCUT2D eigenvalue weighted by Crippen LogP contribution is 2.23.